The topological polar surface area (TPSA) is 49.4 Å². The molecule has 1 N–H and O–H groups in total. The Labute approximate surface area is 103 Å². The Morgan fingerprint density at radius 3 is 2.53 bits per heavy atom. The maximum atomic E-state index is 12.1. The molecule has 1 saturated carbocycles. The number of carbonyl (C=O) groups excluding carboxylic acids is 2. The lowest BCUT2D eigenvalue weighted by atomic mass is 10.0. The van der Waals surface area contributed by atoms with Crippen LogP contribution in [-0.4, -0.2) is 35.3 Å². The van der Waals surface area contributed by atoms with Gasteiger partial charge in [0.25, 0.3) is 0 Å². The van der Waals surface area contributed by atoms with Crippen LogP contribution in [0.3, 0.4) is 0 Å². The molecule has 0 radical (unpaired) electrons. The van der Waals surface area contributed by atoms with E-state index in [1.54, 1.807) is 6.92 Å². The summed E-state index contributed by atoms with van der Waals surface area (Å²) in [5.74, 6) is 0.701. The first-order valence-electron chi connectivity index (χ1n) is 6.74. The van der Waals surface area contributed by atoms with Crippen molar-refractivity contribution >= 4 is 11.8 Å². The number of nitrogens with one attached hydrogen (secondary N) is 1. The van der Waals surface area contributed by atoms with E-state index in [0.29, 0.717) is 12.3 Å². The second kappa shape index (κ2) is 5.07. The van der Waals surface area contributed by atoms with Gasteiger partial charge >= 0.3 is 0 Å². The van der Waals surface area contributed by atoms with E-state index in [1.165, 1.54) is 25.7 Å². The molecule has 1 aliphatic heterocycles. The molecule has 2 fully saturated rings. The highest BCUT2D eigenvalue weighted by Gasteiger charge is 2.38. The summed E-state index contributed by atoms with van der Waals surface area (Å²) in [5, 5.41) is 2.75. The van der Waals surface area contributed by atoms with Gasteiger partial charge in [-0.1, -0.05) is 19.8 Å². The first kappa shape index (κ1) is 12.4. The number of hydrogen-bond donors (Lipinski definition) is 1. The second-order valence-electron chi connectivity index (χ2n) is 5.30. The SMILES string of the molecule is CCC1C(=O)NC(C)C(=O)N1CC1CCCC1. The number of rotatable bonds is 3. The molecule has 0 spiro atoms. The Morgan fingerprint density at radius 1 is 1.29 bits per heavy atom. The molecule has 0 aromatic carbocycles. The monoisotopic (exact) mass is 238 g/mol. The molecule has 2 rings (SSSR count). The molecule has 2 atom stereocenters. The van der Waals surface area contributed by atoms with E-state index in [4.69, 9.17) is 0 Å². The molecule has 1 heterocycles. The van der Waals surface area contributed by atoms with Gasteiger partial charge in [-0.15, -0.1) is 0 Å². The van der Waals surface area contributed by atoms with Crippen LogP contribution in [0.2, 0.25) is 0 Å². The quantitative estimate of drug-likeness (QED) is 0.805. The maximum absolute atomic E-state index is 12.1. The van der Waals surface area contributed by atoms with Gasteiger partial charge in [0.1, 0.15) is 12.1 Å². The molecule has 4 heteroatoms. The van der Waals surface area contributed by atoms with E-state index in [-0.39, 0.29) is 23.9 Å². The molecular formula is C13H22N2O2. The summed E-state index contributed by atoms with van der Waals surface area (Å²) in [6.07, 6.45) is 5.65. The third kappa shape index (κ3) is 2.45. The molecule has 2 unspecified atom stereocenters. The van der Waals surface area contributed by atoms with E-state index in [9.17, 15) is 9.59 Å². The van der Waals surface area contributed by atoms with Gasteiger partial charge in [0.2, 0.25) is 11.8 Å². The van der Waals surface area contributed by atoms with Crippen molar-refractivity contribution in [3.8, 4) is 0 Å². The lowest BCUT2D eigenvalue weighted by molar-refractivity contribution is -0.149. The number of amides is 2. The maximum Gasteiger partial charge on any atom is 0.245 e. The van der Waals surface area contributed by atoms with E-state index in [2.05, 4.69) is 5.32 Å². The van der Waals surface area contributed by atoms with Crippen molar-refractivity contribution < 1.29 is 9.59 Å². The number of carbonyl (C=O) groups is 2. The van der Waals surface area contributed by atoms with Gasteiger partial charge in [0.15, 0.2) is 0 Å². The van der Waals surface area contributed by atoms with E-state index in [1.807, 2.05) is 11.8 Å². The lowest BCUT2D eigenvalue weighted by Crippen LogP contribution is -2.62. The standard InChI is InChI=1S/C13H22N2O2/c1-3-11-12(16)14-9(2)13(17)15(11)8-10-6-4-5-7-10/h9-11H,3-8H2,1-2H3,(H,14,16). The predicted molar refractivity (Wildman–Crippen MR) is 65.4 cm³/mol. The van der Waals surface area contributed by atoms with Crippen LogP contribution in [0.1, 0.15) is 46.0 Å². The van der Waals surface area contributed by atoms with Gasteiger partial charge in [-0.3, -0.25) is 9.59 Å². The van der Waals surface area contributed by atoms with Gasteiger partial charge in [-0.25, -0.2) is 0 Å². The summed E-state index contributed by atoms with van der Waals surface area (Å²) in [6, 6.07) is -0.606. The average Bonchev–Trinajstić information content (AvgIpc) is 2.78. The summed E-state index contributed by atoms with van der Waals surface area (Å²) in [7, 11) is 0. The number of hydrogen-bond acceptors (Lipinski definition) is 2. The van der Waals surface area contributed by atoms with E-state index < -0.39 is 0 Å². The summed E-state index contributed by atoms with van der Waals surface area (Å²) < 4.78 is 0. The van der Waals surface area contributed by atoms with Crippen LogP contribution in [0.15, 0.2) is 0 Å². The minimum Gasteiger partial charge on any atom is -0.343 e. The minimum absolute atomic E-state index is 0.0117. The predicted octanol–water partition coefficient (Wildman–Crippen LogP) is 1.30. The number of nitrogens with zero attached hydrogens (tertiary/aromatic N) is 1. The first-order valence-corrected chi connectivity index (χ1v) is 6.74. The van der Waals surface area contributed by atoms with E-state index >= 15 is 0 Å². The molecule has 2 aliphatic rings. The third-order valence-corrected chi connectivity index (χ3v) is 4.01. The van der Waals surface area contributed by atoms with Crippen molar-refractivity contribution in [3.63, 3.8) is 0 Å². The molecule has 1 saturated heterocycles. The molecule has 96 valence electrons. The van der Waals surface area contributed by atoms with Crippen LogP contribution >= 0.6 is 0 Å². The van der Waals surface area contributed by atoms with Crippen molar-refractivity contribution in [1.29, 1.82) is 0 Å². The smallest absolute Gasteiger partial charge is 0.245 e. The Bertz CT molecular complexity index is 311. The zero-order valence-corrected chi connectivity index (χ0v) is 10.7. The Kier molecular flexibility index (Phi) is 3.69. The molecule has 0 aromatic heterocycles. The van der Waals surface area contributed by atoms with Crippen molar-refractivity contribution in [3.05, 3.63) is 0 Å². The van der Waals surface area contributed by atoms with Gasteiger partial charge in [-0.05, 0) is 32.1 Å². The molecule has 0 bridgehead atoms. The molecule has 17 heavy (non-hydrogen) atoms. The highest BCUT2D eigenvalue weighted by Crippen LogP contribution is 2.27. The minimum atomic E-state index is -0.355. The largest absolute Gasteiger partial charge is 0.343 e. The van der Waals surface area contributed by atoms with Crippen LogP contribution in [-0.2, 0) is 9.59 Å². The van der Waals surface area contributed by atoms with Crippen molar-refractivity contribution in [2.75, 3.05) is 6.54 Å². The first-order chi connectivity index (χ1) is 8.13. The Morgan fingerprint density at radius 2 is 1.94 bits per heavy atom. The van der Waals surface area contributed by atoms with Crippen LogP contribution < -0.4 is 5.32 Å². The second-order valence-corrected chi connectivity index (χ2v) is 5.30. The van der Waals surface area contributed by atoms with Crippen LogP contribution in [0.25, 0.3) is 0 Å². The highest BCUT2D eigenvalue weighted by atomic mass is 16.2. The van der Waals surface area contributed by atoms with Gasteiger partial charge < -0.3 is 10.2 Å². The Balaban J connectivity index is 2.08. The fourth-order valence-electron chi connectivity index (χ4n) is 3.01. The van der Waals surface area contributed by atoms with Gasteiger partial charge in [0.05, 0.1) is 0 Å². The third-order valence-electron chi connectivity index (χ3n) is 4.01. The normalized spacial score (nSPS) is 30.8. The van der Waals surface area contributed by atoms with Crippen molar-refractivity contribution in [1.82, 2.24) is 10.2 Å². The van der Waals surface area contributed by atoms with Crippen LogP contribution in [0.5, 0.6) is 0 Å². The highest BCUT2D eigenvalue weighted by molar-refractivity contribution is 5.96. The summed E-state index contributed by atoms with van der Waals surface area (Å²) in [6.45, 7) is 4.51. The average molecular weight is 238 g/mol. The Hall–Kier alpha value is -1.06. The fraction of sp³-hybridized carbons (Fsp3) is 0.846. The molecular weight excluding hydrogens is 216 g/mol. The fourth-order valence-corrected chi connectivity index (χ4v) is 3.01. The molecule has 2 amide bonds. The van der Waals surface area contributed by atoms with Gasteiger partial charge in [0, 0.05) is 6.54 Å². The zero-order valence-electron chi connectivity index (χ0n) is 10.7. The van der Waals surface area contributed by atoms with Crippen molar-refractivity contribution in [2.45, 2.75) is 58.0 Å². The van der Waals surface area contributed by atoms with Crippen molar-refractivity contribution in [2.24, 2.45) is 5.92 Å². The summed E-state index contributed by atoms with van der Waals surface area (Å²) in [5.41, 5.74) is 0. The zero-order chi connectivity index (χ0) is 12.4. The van der Waals surface area contributed by atoms with Gasteiger partial charge in [-0.2, -0.15) is 0 Å². The van der Waals surface area contributed by atoms with Crippen LogP contribution in [0.4, 0.5) is 0 Å². The lowest BCUT2D eigenvalue weighted by Gasteiger charge is -2.38. The van der Waals surface area contributed by atoms with Crippen LogP contribution in [0, 0.1) is 5.92 Å². The van der Waals surface area contributed by atoms with E-state index in [0.717, 1.165) is 6.54 Å². The number of piperazine rings is 1. The molecule has 1 aliphatic carbocycles. The molecule has 4 nitrogen and oxygen atoms in total. The summed E-state index contributed by atoms with van der Waals surface area (Å²) >= 11 is 0. The summed E-state index contributed by atoms with van der Waals surface area (Å²) in [4.78, 5) is 25.8. The molecule has 0 aromatic rings.